The van der Waals surface area contributed by atoms with Crippen LogP contribution in [0.4, 0.5) is 0 Å². The maximum atomic E-state index is 9.93. The highest BCUT2D eigenvalue weighted by Gasteiger charge is 2.29. The van der Waals surface area contributed by atoms with Crippen LogP contribution in [-0.4, -0.2) is 28.2 Å². The molecule has 7 heteroatoms. The van der Waals surface area contributed by atoms with E-state index in [-0.39, 0.29) is 13.2 Å². The number of aliphatic hydroxyl groups is 1. The number of aromatic nitrogens is 2. The highest BCUT2D eigenvalue weighted by Crippen LogP contribution is 2.31. The van der Waals surface area contributed by atoms with Gasteiger partial charge in [0, 0.05) is 4.91 Å². The second kappa shape index (κ2) is 4.81. The number of hydrogen-bond acceptors (Lipinski definition) is 5. The van der Waals surface area contributed by atoms with Crippen molar-refractivity contribution in [3.05, 3.63) is 46.1 Å². The van der Waals surface area contributed by atoms with Gasteiger partial charge in [-0.1, -0.05) is 17.2 Å². The van der Waals surface area contributed by atoms with Crippen LogP contribution in [0.1, 0.15) is 23.6 Å². The van der Waals surface area contributed by atoms with Gasteiger partial charge in [-0.3, -0.25) is 0 Å². The van der Waals surface area contributed by atoms with Crippen LogP contribution in [0.15, 0.2) is 29.4 Å². The molecule has 1 aliphatic rings. The second-order valence-electron chi connectivity index (χ2n) is 4.23. The molecule has 0 bridgehead atoms. The standard InChI is InChI=1S/C12H11N5O2/c13-17-14-5-10-12-11(9(18)6-19-10)15-7-3-1-2-4-8(7)16-12/h1-4,9-10,18H,5-6H2/t9-,10-/m1/s1. The molecule has 0 saturated carbocycles. The Morgan fingerprint density at radius 2 is 2.00 bits per heavy atom. The van der Waals surface area contributed by atoms with Crippen molar-refractivity contribution in [3.8, 4) is 0 Å². The predicted molar refractivity (Wildman–Crippen MR) is 67.2 cm³/mol. The van der Waals surface area contributed by atoms with Gasteiger partial charge in [0.15, 0.2) is 0 Å². The van der Waals surface area contributed by atoms with Gasteiger partial charge >= 0.3 is 0 Å². The van der Waals surface area contributed by atoms with Gasteiger partial charge in [0.2, 0.25) is 0 Å². The van der Waals surface area contributed by atoms with Gasteiger partial charge in [-0.05, 0) is 17.7 Å². The molecular weight excluding hydrogens is 246 g/mol. The number of azide groups is 1. The summed E-state index contributed by atoms with van der Waals surface area (Å²) in [5, 5.41) is 13.4. The molecule has 0 radical (unpaired) electrons. The van der Waals surface area contributed by atoms with E-state index in [1.54, 1.807) is 0 Å². The number of rotatable bonds is 2. The summed E-state index contributed by atoms with van der Waals surface area (Å²) >= 11 is 0. The normalized spacial score (nSPS) is 21.7. The van der Waals surface area contributed by atoms with Gasteiger partial charge in [-0.2, -0.15) is 0 Å². The van der Waals surface area contributed by atoms with E-state index in [0.29, 0.717) is 11.4 Å². The molecule has 0 amide bonds. The fourth-order valence-electron chi connectivity index (χ4n) is 2.12. The topological polar surface area (TPSA) is 104 Å². The minimum absolute atomic E-state index is 0.131. The number of benzene rings is 1. The SMILES string of the molecule is [N-]=[N+]=NC[C@H]1OC[C@@H](O)c2nc3ccccc3nc21. The van der Waals surface area contributed by atoms with Gasteiger partial charge in [-0.15, -0.1) is 0 Å². The first-order chi connectivity index (χ1) is 9.29. The molecule has 2 aromatic rings. The van der Waals surface area contributed by atoms with Crippen molar-refractivity contribution in [1.29, 1.82) is 0 Å². The van der Waals surface area contributed by atoms with Gasteiger partial charge in [-0.25, -0.2) is 9.97 Å². The molecule has 7 nitrogen and oxygen atoms in total. The van der Waals surface area contributed by atoms with Crippen molar-refractivity contribution in [1.82, 2.24) is 9.97 Å². The Bertz CT molecular complexity index is 668. The number of nitrogens with zero attached hydrogens (tertiary/aromatic N) is 5. The molecule has 0 aliphatic carbocycles. The lowest BCUT2D eigenvalue weighted by Crippen LogP contribution is -2.25. The molecule has 0 spiro atoms. The fourth-order valence-corrected chi connectivity index (χ4v) is 2.12. The van der Waals surface area contributed by atoms with Crippen LogP contribution in [0.5, 0.6) is 0 Å². The molecule has 1 aromatic heterocycles. The van der Waals surface area contributed by atoms with Crippen molar-refractivity contribution in [2.24, 2.45) is 5.11 Å². The molecule has 0 unspecified atom stereocenters. The maximum absolute atomic E-state index is 9.93. The molecule has 1 aliphatic heterocycles. The van der Waals surface area contributed by atoms with Crippen LogP contribution in [0.2, 0.25) is 0 Å². The molecule has 1 aromatic carbocycles. The van der Waals surface area contributed by atoms with E-state index in [2.05, 4.69) is 20.0 Å². The maximum Gasteiger partial charge on any atom is 0.121 e. The van der Waals surface area contributed by atoms with Gasteiger partial charge < -0.3 is 9.84 Å². The lowest BCUT2D eigenvalue weighted by Gasteiger charge is -2.26. The summed E-state index contributed by atoms with van der Waals surface area (Å²) in [6.07, 6.45) is -1.25. The van der Waals surface area contributed by atoms with E-state index in [1.165, 1.54) is 0 Å². The molecule has 3 rings (SSSR count). The lowest BCUT2D eigenvalue weighted by atomic mass is 10.1. The van der Waals surface area contributed by atoms with E-state index in [0.717, 1.165) is 11.0 Å². The van der Waals surface area contributed by atoms with Crippen LogP contribution in [0.3, 0.4) is 0 Å². The fraction of sp³-hybridized carbons (Fsp3) is 0.333. The van der Waals surface area contributed by atoms with Crippen LogP contribution in [-0.2, 0) is 4.74 Å². The Labute approximate surface area is 108 Å². The third-order valence-electron chi connectivity index (χ3n) is 3.01. The summed E-state index contributed by atoms with van der Waals surface area (Å²) in [6, 6.07) is 7.42. The molecule has 2 atom stereocenters. The van der Waals surface area contributed by atoms with Crippen molar-refractivity contribution in [2.45, 2.75) is 12.2 Å². The van der Waals surface area contributed by atoms with E-state index >= 15 is 0 Å². The number of para-hydroxylation sites is 2. The number of fused-ring (bicyclic) bond motifs is 2. The Balaban J connectivity index is 2.14. The van der Waals surface area contributed by atoms with Crippen molar-refractivity contribution < 1.29 is 9.84 Å². The summed E-state index contributed by atoms with van der Waals surface area (Å²) in [5.74, 6) is 0. The van der Waals surface area contributed by atoms with E-state index in [4.69, 9.17) is 10.3 Å². The quantitative estimate of drug-likeness (QED) is 0.505. The predicted octanol–water partition coefficient (Wildman–Crippen LogP) is 2.04. The average molecular weight is 257 g/mol. The molecule has 2 heterocycles. The largest absolute Gasteiger partial charge is 0.384 e. The summed E-state index contributed by atoms with van der Waals surface area (Å²) in [4.78, 5) is 11.6. The first-order valence-corrected chi connectivity index (χ1v) is 5.86. The highest BCUT2D eigenvalue weighted by atomic mass is 16.5. The summed E-state index contributed by atoms with van der Waals surface area (Å²) in [7, 11) is 0. The first-order valence-electron chi connectivity index (χ1n) is 5.86. The zero-order chi connectivity index (χ0) is 13.2. The number of ether oxygens (including phenoxy) is 1. The summed E-state index contributed by atoms with van der Waals surface area (Å²) < 4.78 is 5.45. The van der Waals surface area contributed by atoms with Crippen molar-refractivity contribution in [2.75, 3.05) is 13.2 Å². The zero-order valence-electron chi connectivity index (χ0n) is 9.97. The summed E-state index contributed by atoms with van der Waals surface area (Å²) in [5.41, 5.74) is 10.9. The van der Waals surface area contributed by atoms with Gasteiger partial charge in [0.1, 0.15) is 12.2 Å². The van der Waals surface area contributed by atoms with Crippen molar-refractivity contribution in [3.63, 3.8) is 0 Å². The van der Waals surface area contributed by atoms with Crippen LogP contribution < -0.4 is 0 Å². The molecule has 96 valence electrons. The minimum atomic E-state index is -0.797. The molecular formula is C12H11N5O2. The van der Waals surface area contributed by atoms with Crippen molar-refractivity contribution >= 4 is 11.0 Å². The zero-order valence-corrected chi connectivity index (χ0v) is 9.97. The van der Waals surface area contributed by atoms with E-state index < -0.39 is 12.2 Å². The first kappa shape index (κ1) is 11.9. The van der Waals surface area contributed by atoms with Crippen LogP contribution in [0, 0.1) is 0 Å². The molecule has 0 fully saturated rings. The van der Waals surface area contributed by atoms with Crippen LogP contribution in [0.25, 0.3) is 21.5 Å². The number of hydrogen-bond donors (Lipinski definition) is 1. The Hall–Kier alpha value is -2.21. The van der Waals surface area contributed by atoms with Gasteiger partial charge in [0.05, 0.1) is 35.6 Å². The van der Waals surface area contributed by atoms with E-state index in [1.807, 2.05) is 24.3 Å². The van der Waals surface area contributed by atoms with Crippen LogP contribution >= 0.6 is 0 Å². The Morgan fingerprint density at radius 3 is 2.68 bits per heavy atom. The molecule has 1 N–H and O–H groups in total. The summed E-state index contributed by atoms with van der Waals surface area (Å²) in [6.45, 7) is 0.273. The number of aliphatic hydroxyl groups excluding tert-OH is 1. The molecule has 19 heavy (non-hydrogen) atoms. The smallest absolute Gasteiger partial charge is 0.121 e. The molecule has 0 saturated heterocycles. The minimum Gasteiger partial charge on any atom is -0.384 e. The Morgan fingerprint density at radius 1 is 1.32 bits per heavy atom. The average Bonchev–Trinajstić information content (AvgIpc) is 2.45. The Kier molecular flexibility index (Phi) is 3.00. The lowest BCUT2D eigenvalue weighted by molar-refractivity contribution is -0.0308. The monoisotopic (exact) mass is 257 g/mol. The third-order valence-corrected chi connectivity index (χ3v) is 3.01. The third kappa shape index (κ3) is 2.10. The van der Waals surface area contributed by atoms with Gasteiger partial charge in [0.25, 0.3) is 0 Å². The second-order valence-corrected chi connectivity index (χ2v) is 4.23. The van der Waals surface area contributed by atoms with E-state index in [9.17, 15) is 5.11 Å². The highest BCUT2D eigenvalue weighted by molar-refractivity contribution is 5.74.